The van der Waals surface area contributed by atoms with Gasteiger partial charge in [-0.3, -0.25) is 4.72 Å². The smallest absolute Gasteiger partial charge is 0.236 e. The lowest BCUT2D eigenvalue weighted by Crippen LogP contribution is -2.41. The SMILES string of the molecule is O=S(=O)(Nc1ccc(F)cc1)C1CCCNC1. The van der Waals surface area contributed by atoms with E-state index in [1.165, 1.54) is 24.3 Å². The highest BCUT2D eigenvalue weighted by Gasteiger charge is 2.26. The fourth-order valence-corrected chi connectivity index (χ4v) is 3.30. The maximum Gasteiger partial charge on any atom is 0.236 e. The fraction of sp³-hybridized carbons (Fsp3) is 0.455. The van der Waals surface area contributed by atoms with E-state index >= 15 is 0 Å². The Kier molecular flexibility index (Phi) is 3.63. The molecule has 17 heavy (non-hydrogen) atoms. The Morgan fingerprint density at radius 1 is 1.29 bits per heavy atom. The monoisotopic (exact) mass is 258 g/mol. The van der Waals surface area contributed by atoms with E-state index < -0.39 is 15.3 Å². The molecule has 2 N–H and O–H groups in total. The van der Waals surface area contributed by atoms with Gasteiger partial charge in [0.2, 0.25) is 10.0 Å². The normalized spacial score (nSPS) is 21.1. The minimum atomic E-state index is -3.38. The molecule has 94 valence electrons. The van der Waals surface area contributed by atoms with Gasteiger partial charge in [0, 0.05) is 12.2 Å². The molecule has 1 fully saturated rings. The van der Waals surface area contributed by atoms with E-state index in [2.05, 4.69) is 10.0 Å². The lowest BCUT2D eigenvalue weighted by Gasteiger charge is -2.23. The van der Waals surface area contributed by atoms with Gasteiger partial charge in [-0.1, -0.05) is 0 Å². The molecule has 0 spiro atoms. The van der Waals surface area contributed by atoms with Crippen LogP contribution >= 0.6 is 0 Å². The Bertz CT molecular complexity index is 467. The number of hydrogen-bond donors (Lipinski definition) is 2. The Balaban J connectivity index is 2.08. The van der Waals surface area contributed by atoms with E-state index in [1.807, 2.05) is 0 Å². The van der Waals surface area contributed by atoms with Crippen LogP contribution in [-0.4, -0.2) is 26.8 Å². The number of benzene rings is 1. The van der Waals surface area contributed by atoms with Crippen molar-refractivity contribution >= 4 is 15.7 Å². The molecule has 0 aliphatic carbocycles. The van der Waals surface area contributed by atoms with Crippen LogP contribution in [0.15, 0.2) is 24.3 Å². The van der Waals surface area contributed by atoms with Crippen molar-refractivity contribution in [2.45, 2.75) is 18.1 Å². The van der Waals surface area contributed by atoms with Crippen LogP contribution < -0.4 is 10.0 Å². The minimum absolute atomic E-state index is 0.382. The first-order valence-corrected chi connectivity index (χ1v) is 7.10. The molecular formula is C11H15FN2O2S. The van der Waals surface area contributed by atoms with Gasteiger partial charge in [0.25, 0.3) is 0 Å². The first-order valence-electron chi connectivity index (χ1n) is 5.56. The summed E-state index contributed by atoms with van der Waals surface area (Å²) in [5, 5.41) is 2.64. The van der Waals surface area contributed by atoms with Crippen molar-refractivity contribution in [3.05, 3.63) is 30.1 Å². The average molecular weight is 258 g/mol. The molecule has 1 unspecified atom stereocenters. The summed E-state index contributed by atoms with van der Waals surface area (Å²) in [6, 6.07) is 5.31. The highest BCUT2D eigenvalue weighted by molar-refractivity contribution is 7.93. The molecule has 0 bridgehead atoms. The molecule has 0 radical (unpaired) electrons. The number of halogens is 1. The third-order valence-corrected chi connectivity index (χ3v) is 4.60. The van der Waals surface area contributed by atoms with Crippen molar-refractivity contribution in [2.24, 2.45) is 0 Å². The van der Waals surface area contributed by atoms with E-state index in [4.69, 9.17) is 0 Å². The summed E-state index contributed by atoms with van der Waals surface area (Å²) in [5.41, 5.74) is 0.400. The van der Waals surface area contributed by atoms with Gasteiger partial charge in [-0.15, -0.1) is 0 Å². The van der Waals surface area contributed by atoms with Gasteiger partial charge in [-0.05, 0) is 43.7 Å². The molecule has 1 heterocycles. The van der Waals surface area contributed by atoms with Crippen LogP contribution in [0, 0.1) is 5.82 Å². The predicted molar refractivity (Wildman–Crippen MR) is 64.8 cm³/mol. The number of sulfonamides is 1. The van der Waals surface area contributed by atoms with Crippen molar-refractivity contribution in [1.29, 1.82) is 0 Å². The second kappa shape index (κ2) is 5.01. The molecule has 0 amide bonds. The first-order chi connectivity index (χ1) is 8.08. The topological polar surface area (TPSA) is 58.2 Å². The average Bonchev–Trinajstić information content (AvgIpc) is 2.33. The number of hydrogen-bond acceptors (Lipinski definition) is 3. The molecule has 1 saturated heterocycles. The second-order valence-corrected chi connectivity index (χ2v) is 6.08. The molecule has 1 aromatic rings. The van der Waals surface area contributed by atoms with Gasteiger partial charge in [0.15, 0.2) is 0 Å². The molecule has 0 saturated carbocycles. The number of nitrogens with one attached hydrogen (secondary N) is 2. The molecular weight excluding hydrogens is 243 g/mol. The largest absolute Gasteiger partial charge is 0.315 e. The molecule has 1 aromatic carbocycles. The van der Waals surface area contributed by atoms with Crippen LogP contribution in [0.2, 0.25) is 0 Å². The van der Waals surface area contributed by atoms with E-state index in [0.29, 0.717) is 18.7 Å². The lowest BCUT2D eigenvalue weighted by atomic mass is 10.2. The highest BCUT2D eigenvalue weighted by Crippen LogP contribution is 2.16. The van der Waals surface area contributed by atoms with Crippen LogP contribution in [0.5, 0.6) is 0 Å². The van der Waals surface area contributed by atoms with Crippen molar-refractivity contribution < 1.29 is 12.8 Å². The predicted octanol–water partition coefficient (Wildman–Crippen LogP) is 1.32. The first kappa shape index (κ1) is 12.3. The Labute approximate surface area is 100 Å². The molecule has 1 aliphatic rings. The van der Waals surface area contributed by atoms with Gasteiger partial charge in [0.05, 0.1) is 5.25 Å². The standard InChI is InChI=1S/C11H15FN2O2S/c12-9-3-5-10(6-4-9)14-17(15,16)11-2-1-7-13-8-11/h3-6,11,13-14H,1-2,7-8H2. The third-order valence-electron chi connectivity index (χ3n) is 2.79. The molecule has 1 atom stereocenters. The third kappa shape index (κ3) is 3.17. The van der Waals surface area contributed by atoms with Crippen molar-refractivity contribution in [1.82, 2.24) is 5.32 Å². The number of piperidine rings is 1. The van der Waals surface area contributed by atoms with Gasteiger partial charge in [-0.2, -0.15) is 0 Å². The Morgan fingerprint density at radius 3 is 2.59 bits per heavy atom. The Hall–Kier alpha value is -1.14. The van der Waals surface area contributed by atoms with Crippen LogP contribution in [0.4, 0.5) is 10.1 Å². The summed E-state index contributed by atoms with van der Waals surface area (Å²) in [6.07, 6.45) is 1.51. The zero-order valence-electron chi connectivity index (χ0n) is 9.32. The van der Waals surface area contributed by atoms with Crippen LogP contribution in [0.1, 0.15) is 12.8 Å². The van der Waals surface area contributed by atoms with Crippen LogP contribution in [0.3, 0.4) is 0 Å². The van der Waals surface area contributed by atoms with Crippen LogP contribution in [-0.2, 0) is 10.0 Å². The Morgan fingerprint density at radius 2 is 2.00 bits per heavy atom. The molecule has 1 aliphatic heterocycles. The maximum atomic E-state index is 12.7. The van der Waals surface area contributed by atoms with E-state index in [9.17, 15) is 12.8 Å². The molecule has 0 aromatic heterocycles. The van der Waals surface area contributed by atoms with Crippen molar-refractivity contribution in [3.63, 3.8) is 0 Å². The number of rotatable bonds is 3. The van der Waals surface area contributed by atoms with Gasteiger partial charge in [-0.25, -0.2) is 12.8 Å². The minimum Gasteiger partial charge on any atom is -0.315 e. The zero-order valence-corrected chi connectivity index (χ0v) is 10.1. The van der Waals surface area contributed by atoms with Crippen molar-refractivity contribution in [2.75, 3.05) is 17.8 Å². The quantitative estimate of drug-likeness (QED) is 0.859. The van der Waals surface area contributed by atoms with Gasteiger partial charge < -0.3 is 5.32 Å². The second-order valence-electron chi connectivity index (χ2n) is 4.12. The van der Waals surface area contributed by atoms with E-state index in [-0.39, 0.29) is 5.82 Å². The van der Waals surface area contributed by atoms with E-state index in [1.54, 1.807) is 0 Å². The molecule has 6 heteroatoms. The summed E-state index contributed by atoms with van der Waals surface area (Å²) in [7, 11) is -3.38. The molecule has 4 nitrogen and oxygen atoms in total. The highest BCUT2D eigenvalue weighted by atomic mass is 32.2. The summed E-state index contributed by atoms with van der Waals surface area (Å²) in [6.45, 7) is 1.33. The van der Waals surface area contributed by atoms with Crippen LogP contribution in [0.25, 0.3) is 0 Å². The fourth-order valence-electron chi connectivity index (χ4n) is 1.85. The van der Waals surface area contributed by atoms with Gasteiger partial charge in [0.1, 0.15) is 5.82 Å². The summed E-state index contributed by atoms with van der Waals surface area (Å²) < 4.78 is 39.2. The number of anilines is 1. The summed E-state index contributed by atoms with van der Waals surface area (Å²) in [4.78, 5) is 0. The molecule has 2 rings (SSSR count). The summed E-state index contributed by atoms with van der Waals surface area (Å²) in [5.74, 6) is -0.382. The van der Waals surface area contributed by atoms with Gasteiger partial charge >= 0.3 is 0 Å². The maximum absolute atomic E-state index is 12.7. The van der Waals surface area contributed by atoms with E-state index in [0.717, 1.165) is 13.0 Å². The lowest BCUT2D eigenvalue weighted by molar-refractivity contribution is 0.499. The summed E-state index contributed by atoms with van der Waals surface area (Å²) >= 11 is 0. The zero-order chi connectivity index (χ0) is 12.3. The van der Waals surface area contributed by atoms with Crippen molar-refractivity contribution in [3.8, 4) is 0 Å².